The van der Waals surface area contributed by atoms with Crippen molar-refractivity contribution in [2.45, 2.75) is 46.0 Å². The fourth-order valence-electron chi connectivity index (χ4n) is 4.19. The van der Waals surface area contributed by atoms with E-state index in [1.165, 1.54) is 40.8 Å². The van der Waals surface area contributed by atoms with E-state index in [1.807, 2.05) is 6.20 Å². The molecule has 2 aliphatic rings. The minimum atomic E-state index is 0.362. The van der Waals surface area contributed by atoms with Crippen LogP contribution in [0.4, 0.5) is 0 Å². The Bertz CT molecular complexity index is 924. The van der Waals surface area contributed by atoms with Gasteiger partial charge in [0.1, 0.15) is 5.01 Å². The van der Waals surface area contributed by atoms with Gasteiger partial charge in [-0.05, 0) is 66.7 Å². The average molecular weight is 361 g/mol. The van der Waals surface area contributed by atoms with Gasteiger partial charge in [0.05, 0.1) is 10.9 Å². The van der Waals surface area contributed by atoms with Gasteiger partial charge in [-0.2, -0.15) is 5.26 Å². The molecule has 0 bridgehead atoms. The highest BCUT2D eigenvalue weighted by Crippen LogP contribution is 2.39. The molecule has 0 aliphatic heterocycles. The first kappa shape index (κ1) is 17.2. The molecule has 1 atom stereocenters. The Morgan fingerprint density at radius 3 is 3.00 bits per heavy atom. The Balaban J connectivity index is 1.62. The summed E-state index contributed by atoms with van der Waals surface area (Å²) in [7, 11) is 0. The van der Waals surface area contributed by atoms with E-state index >= 15 is 0 Å². The molecular weight excluding hydrogens is 336 g/mol. The molecule has 1 heterocycles. The number of hydrogen-bond donors (Lipinski definition) is 0. The van der Waals surface area contributed by atoms with Crippen LogP contribution in [0.25, 0.3) is 16.0 Å². The molecule has 0 saturated carbocycles. The minimum Gasteiger partial charge on any atom is -0.244 e. The number of thiazole rings is 1. The smallest absolute Gasteiger partial charge is 0.123 e. The highest BCUT2D eigenvalue weighted by atomic mass is 32.1. The number of aromatic nitrogens is 1. The first-order valence-corrected chi connectivity index (χ1v) is 10.4. The van der Waals surface area contributed by atoms with Gasteiger partial charge in [-0.3, -0.25) is 0 Å². The zero-order valence-corrected chi connectivity index (χ0v) is 16.3. The molecule has 1 aromatic heterocycles. The number of aryl methyl sites for hydroxylation is 1. The number of rotatable bonds is 4. The van der Waals surface area contributed by atoms with Crippen LogP contribution < -0.4 is 0 Å². The fraction of sp³-hybridized carbons (Fsp3) is 0.391. The van der Waals surface area contributed by atoms with Gasteiger partial charge in [0.15, 0.2) is 0 Å². The van der Waals surface area contributed by atoms with Crippen LogP contribution in [0, 0.1) is 23.2 Å². The normalized spacial score (nSPS) is 19.1. The van der Waals surface area contributed by atoms with E-state index in [9.17, 15) is 5.26 Å². The second-order valence-corrected chi connectivity index (χ2v) is 8.79. The largest absolute Gasteiger partial charge is 0.244 e. The molecule has 0 saturated heterocycles. The van der Waals surface area contributed by atoms with Crippen LogP contribution >= 0.6 is 11.3 Å². The van der Waals surface area contributed by atoms with Crippen LogP contribution in [0.2, 0.25) is 0 Å². The summed E-state index contributed by atoms with van der Waals surface area (Å²) in [5, 5.41) is 10.6. The molecule has 0 N–H and O–H groups in total. The number of benzene rings is 1. The molecule has 2 aromatic rings. The molecule has 132 valence electrons. The summed E-state index contributed by atoms with van der Waals surface area (Å²) in [6, 6.07) is 9.08. The molecule has 0 radical (unpaired) electrons. The van der Waals surface area contributed by atoms with Crippen molar-refractivity contribution < 1.29 is 0 Å². The summed E-state index contributed by atoms with van der Waals surface area (Å²) in [6.45, 7) is 4.44. The third-order valence-corrected chi connectivity index (χ3v) is 6.50. The van der Waals surface area contributed by atoms with Crippen molar-refractivity contribution >= 4 is 16.9 Å². The van der Waals surface area contributed by atoms with Gasteiger partial charge in [-0.1, -0.05) is 38.1 Å². The molecule has 2 aliphatic carbocycles. The van der Waals surface area contributed by atoms with Gasteiger partial charge in [0.25, 0.3) is 0 Å². The number of fused-ring (bicyclic) bond motifs is 1. The molecule has 0 spiro atoms. The highest BCUT2D eigenvalue weighted by Gasteiger charge is 2.22. The maximum atomic E-state index is 9.57. The van der Waals surface area contributed by atoms with Gasteiger partial charge in [-0.25, -0.2) is 4.98 Å². The first-order chi connectivity index (χ1) is 12.7. The van der Waals surface area contributed by atoms with Gasteiger partial charge >= 0.3 is 0 Å². The van der Waals surface area contributed by atoms with Crippen molar-refractivity contribution in [2.75, 3.05) is 0 Å². The maximum absolute atomic E-state index is 9.57. The lowest BCUT2D eigenvalue weighted by atomic mass is 9.83. The lowest BCUT2D eigenvalue weighted by molar-refractivity contribution is 0.466. The van der Waals surface area contributed by atoms with Gasteiger partial charge in [0, 0.05) is 17.3 Å². The summed E-state index contributed by atoms with van der Waals surface area (Å²) in [6.07, 6.45) is 12.0. The Morgan fingerprint density at radius 1 is 1.31 bits per heavy atom. The van der Waals surface area contributed by atoms with E-state index in [-0.39, 0.29) is 0 Å². The van der Waals surface area contributed by atoms with Crippen molar-refractivity contribution in [1.82, 2.24) is 4.98 Å². The predicted octanol–water partition coefficient (Wildman–Crippen LogP) is 6.20. The molecule has 1 aromatic carbocycles. The van der Waals surface area contributed by atoms with Crippen LogP contribution in [-0.2, 0) is 12.8 Å². The summed E-state index contributed by atoms with van der Waals surface area (Å²) >= 11 is 1.75. The Hall–Kier alpha value is -2.18. The predicted molar refractivity (Wildman–Crippen MR) is 109 cm³/mol. The molecule has 1 unspecified atom stereocenters. The Kier molecular flexibility index (Phi) is 4.78. The van der Waals surface area contributed by atoms with Crippen LogP contribution in [0.3, 0.4) is 0 Å². The standard InChI is InChI=1S/C23H24N2S/c1-15(2)11-17-9-10-18(12-19(17)13-24)23-25-14-22(26-23)21-8-4-6-16-5-3-7-20(16)21/h4,6,8,10,12,14-15,17H,3,5,7,9,11H2,1-2H3. The Labute approximate surface area is 159 Å². The summed E-state index contributed by atoms with van der Waals surface area (Å²) in [5.74, 6) is 0.971. The fourth-order valence-corrected chi connectivity index (χ4v) is 5.17. The lowest BCUT2D eigenvalue weighted by Gasteiger charge is -2.20. The van der Waals surface area contributed by atoms with E-state index < -0.39 is 0 Å². The molecular formula is C23H24N2S. The quantitative estimate of drug-likeness (QED) is 0.651. The van der Waals surface area contributed by atoms with Crippen molar-refractivity contribution in [3.8, 4) is 16.5 Å². The SMILES string of the molecule is CC(C)CC1CC=C(c2ncc(-c3cccc4c3CCC4)s2)C=C1C#N. The highest BCUT2D eigenvalue weighted by molar-refractivity contribution is 7.16. The van der Waals surface area contributed by atoms with Crippen molar-refractivity contribution in [1.29, 1.82) is 5.26 Å². The number of allylic oxidation sites excluding steroid dienone is 4. The van der Waals surface area contributed by atoms with Crippen LogP contribution in [0.5, 0.6) is 0 Å². The van der Waals surface area contributed by atoms with Gasteiger partial charge in [0.2, 0.25) is 0 Å². The van der Waals surface area contributed by atoms with Gasteiger partial charge < -0.3 is 0 Å². The Morgan fingerprint density at radius 2 is 2.19 bits per heavy atom. The summed E-state index contributed by atoms with van der Waals surface area (Å²) in [5.41, 5.74) is 6.38. The van der Waals surface area contributed by atoms with Crippen molar-refractivity contribution in [3.05, 3.63) is 58.3 Å². The monoisotopic (exact) mass is 360 g/mol. The topological polar surface area (TPSA) is 36.7 Å². The zero-order valence-electron chi connectivity index (χ0n) is 15.5. The molecule has 26 heavy (non-hydrogen) atoms. The van der Waals surface area contributed by atoms with Gasteiger partial charge in [-0.15, -0.1) is 11.3 Å². The second-order valence-electron chi connectivity index (χ2n) is 7.76. The van der Waals surface area contributed by atoms with E-state index in [4.69, 9.17) is 4.98 Å². The van der Waals surface area contributed by atoms with E-state index in [2.05, 4.69) is 50.3 Å². The average Bonchev–Trinajstić information content (AvgIpc) is 3.30. The van der Waals surface area contributed by atoms with E-state index in [0.29, 0.717) is 11.8 Å². The zero-order chi connectivity index (χ0) is 18.1. The van der Waals surface area contributed by atoms with Crippen LogP contribution in [-0.4, -0.2) is 4.98 Å². The van der Waals surface area contributed by atoms with Crippen molar-refractivity contribution in [3.63, 3.8) is 0 Å². The van der Waals surface area contributed by atoms with Crippen LogP contribution in [0.15, 0.2) is 42.1 Å². The third kappa shape index (κ3) is 3.27. The van der Waals surface area contributed by atoms with E-state index in [0.717, 1.165) is 29.0 Å². The molecule has 2 nitrogen and oxygen atoms in total. The van der Waals surface area contributed by atoms with Crippen LogP contribution in [0.1, 0.15) is 49.2 Å². The molecule has 3 heteroatoms. The third-order valence-electron chi connectivity index (χ3n) is 5.42. The van der Waals surface area contributed by atoms with Crippen molar-refractivity contribution in [2.24, 2.45) is 11.8 Å². The summed E-state index contributed by atoms with van der Waals surface area (Å²) in [4.78, 5) is 5.94. The number of nitriles is 1. The molecule has 0 fully saturated rings. The first-order valence-electron chi connectivity index (χ1n) is 9.55. The second kappa shape index (κ2) is 7.21. The van der Waals surface area contributed by atoms with E-state index in [1.54, 1.807) is 11.3 Å². The molecule has 4 rings (SSSR count). The molecule has 0 amide bonds. The maximum Gasteiger partial charge on any atom is 0.123 e. The number of hydrogen-bond acceptors (Lipinski definition) is 3. The number of nitrogens with zero attached hydrogens (tertiary/aromatic N) is 2. The lowest BCUT2D eigenvalue weighted by Crippen LogP contribution is -2.09. The minimum absolute atomic E-state index is 0.362. The summed E-state index contributed by atoms with van der Waals surface area (Å²) < 4.78 is 0.